The van der Waals surface area contributed by atoms with E-state index in [4.69, 9.17) is 15.6 Å². The molecule has 1 aliphatic rings. The van der Waals surface area contributed by atoms with E-state index in [0.29, 0.717) is 4.73 Å². The van der Waals surface area contributed by atoms with Gasteiger partial charge >= 0.3 is 0 Å². The molecule has 0 aliphatic carbocycles. The fourth-order valence-electron chi connectivity index (χ4n) is 2.27. The van der Waals surface area contributed by atoms with Crippen molar-refractivity contribution >= 4 is 33.0 Å². The normalized spacial score (nSPS) is 26.4. The van der Waals surface area contributed by atoms with Crippen LogP contribution in [0.3, 0.4) is 0 Å². The predicted molar refractivity (Wildman–Crippen MR) is 71.9 cm³/mol. The van der Waals surface area contributed by atoms with E-state index in [-0.39, 0.29) is 30.1 Å². The highest BCUT2D eigenvalue weighted by Gasteiger charge is 2.36. The number of hydrogen-bond donors (Lipinski definition) is 4. The minimum Gasteiger partial charge on any atom is -0.394 e. The van der Waals surface area contributed by atoms with Gasteiger partial charge in [0, 0.05) is 6.42 Å². The van der Waals surface area contributed by atoms with Gasteiger partial charge in [-0.05, 0) is 15.9 Å². The van der Waals surface area contributed by atoms with Gasteiger partial charge in [0.2, 0.25) is 5.95 Å². The lowest BCUT2D eigenvalue weighted by atomic mass is 10.2. The number of nitrogens with zero attached hydrogens (tertiary/aromatic N) is 3. The van der Waals surface area contributed by atoms with Crippen LogP contribution in [0.5, 0.6) is 0 Å². The zero-order valence-corrected chi connectivity index (χ0v) is 11.7. The van der Waals surface area contributed by atoms with Crippen molar-refractivity contribution in [3.05, 3.63) is 15.1 Å². The Labute approximate surface area is 120 Å². The molecule has 3 rings (SSSR count). The Morgan fingerprint density at radius 1 is 1.55 bits per heavy atom. The number of hydrogen-bond acceptors (Lipinski definition) is 7. The van der Waals surface area contributed by atoms with E-state index < -0.39 is 24.0 Å². The van der Waals surface area contributed by atoms with Gasteiger partial charge < -0.3 is 20.7 Å². The Morgan fingerprint density at radius 3 is 2.95 bits per heavy atom. The van der Waals surface area contributed by atoms with Crippen LogP contribution in [0.15, 0.2) is 9.53 Å². The number of anilines is 1. The first-order valence-corrected chi connectivity index (χ1v) is 6.68. The number of aliphatic hydroxyl groups excluding tert-OH is 2. The highest BCUT2D eigenvalue weighted by atomic mass is 79.9. The average Bonchev–Trinajstić information content (AvgIpc) is 2.89. The highest BCUT2D eigenvalue weighted by molar-refractivity contribution is 9.10. The molecule has 3 heterocycles. The van der Waals surface area contributed by atoms with E-state index in [0.717, 1.165) is 0 Å². The summed E-state index contributed by atoms with van der Waals surface area (Å²) in [6, 6.07) is 0. The molecule has 3 atom stereocenters. The monoisotopic (exact) mass is 345 g/mol. The third-order valence-electron chi connectivity index (χ3n) is 3.20. The topological polar surface area (TPSA) is 139 Å². The van der Waals surface area contributed by atoms with Gasteiger partial charge in [0.1, 0.15) is 12.3 Å². The quantitative estimate of drug-likeness (QED) is 0.517. The van der Waals surface area contributed by atoms with Crippen molar-refractivity contribution in [3.8, 4) is 0 Å². The third kappa shape index (κ3) is 2.00. The minimum absolute atomic E-state index is 0.0339. The summed E-state index contributed by atoms with van der Waals surface area (Å²) in [5.41, 5.74) is 5.45. The summed E-state index contributed by atoms with van der Waals surface area (Å²) >= 11 is 3.23. The Kier molecular flexibility index (Phi) is 3.24. The Bertz CT molecular complexity index is 713. The lowest BCUT2D eigenvalue weighted by Crippen LogP contribution is -2.24. The molecule has 20 heavy (non-hydrogen) atoms. The smallest absolute Gasteiger partial charge is 0.280 e. The molecule has 0 radical (unpaired) electrons. The Hall–Kier alpha value is -1.49. The second-order valence-corrected chi connectivity index (χ2v) is 5.20. The predicted octanol–water partition coefficient (Wildman–Crippen LogP) is -0.895. The molecule has 5 N–H and O–H groups in total. The van der Waals surface area contributed by atoms with Crippen molar-refractivity contribution in [2.45, 2.75) is 24.9 Å². The zero-order chi connectivity index (χ0) is 14.4. The standard InChI is InChI=1S/C10H12BrN5O4/c11-9-13-6-7(14-10(12)15-8(6)19)16(9)5-1-3(18)4(2-17)20-5/h3-5,17-18H,1-2H2,(H3,12,14,15,19)/t3-,4+,5?/m0/s1. The first kappa shape index (κ1) is 13.5. The van der Waals surface area contributed by atoms with E-state index in [9.17, 15) is 9.90 Å². The van der Waals surface area contributed by atoms with Crippen molar-refractivity contribution in [1.29, 1.82) is 0 Å². The van der Waals surface area contributed by atoms with E-state index in [1.165, 1.54) is 4.57 Å². The SMILES string of the molecule is Nc1nc2c(nc(Br)n2C2C[C@H](O)[C@@H](CO)O2)c(=O)[nH]1. The van der Waals surface area contributed by atoms with Crippen LogP contribution in [-0.2, 0) is 4.74 Å². The summed E-state index contributed by atoms with van der Waals surface area (Å²) in [6.45, 7) is -0.294. The number of aromatic amines is 1. The number of nitrogen functional groups attached to an aromatic ring is 1. The molecule has 2 aromatic heterocycles. The maximum absolute atomic E-state index is 11.8. The van der Waals surface area contributed by atoms with E-state index in [1.807, 2.05) is 0 Å². The zero-order valence-electron chi connectivity index (χ0n) is 10.2. The number of nitrogens with two attached hydrogens (primary N) is 1. The Balaban J connectivity index is 2.13. The molecule has 10 heteroatoms. The lowest BCUT2D eigenvalue weighted by Gasteiger charge is -2.14. The summed E-state index contributed by atoms with van der Waals surface area (Å²) in [5, 5.41) is 18.9. The molecular weight excluding hydrogens is 334 g/mol. The highest BCUT2D eigenvalue weighted by Crippen LogP contribution is 2.33. The van der Waals surface area contributed by atoms with Crippen molar-refractivity contribution in [2.75, 3.05) is 12.3 Å². The molecule has 0 bridgehead atoms. The largest absolute Gasteiger partial charge is 0.394 e. The summed E-state index contributed by atoms with van der Waals surface area (Å²) in [5.74, 6) is -0.0339. The van der Waals surface area contributed by atoms with Crippen LogP contribution in [-0.4, -0.2) is 48.5 Å². The van der Waals surface area contributed by atoms with Gasteiger partial charge in [-0.2, -0.15) is 4.98 Å². The average molecular weight is 346 g/mol. The number of aliphatic hydroxyl groups is 2. The molecule has 0 amide bonds. The number of fused-ring (bicyclic) bond motifs is 1. The lowest BCUT2D eigenvalue weighted by molar-refractivity contribution is -0.0439. The third-order valence-corrected chi connectivity index (χ3v) is 3.76. The summed E-state index contributed by atoms with van der Waals surface area (Å²) < 4.78 is 7.40. The fraction of sp³-hybridized carbons (Fsp3) is 0.500. The number of H-pyrrole nitrogens is 1. The van der Waals surface area contributed by atoms with Gasteiger partial charge in [-0.25, -0.2) is 4.98 Å². The summed E-state index contributed by atoms with van der Waals surface area (Å²) in [7, 11) is 0. The fourth-order valence-corrected chi connectivity index (χ4v) is 2.84. The number of imidazole rings is 1. The molecule has 2 aromatic rings. The molecule has 1 aliphatic heterocycles. The van der Waals surface area contributed by atoms with Gasteiger partial charge in [-0.3, -0.25) is 14.3 Å². The maximum Gasteiger partial charge on any atom is 0.280 e. The number of aromatic nitrogens is 4. The number of rotatable bonds is 2. The van der Waals surface area contributed by atoms with E-state index >= 15 is 0 Å². The van der Waals surface area contributed by atoms with E-state index in [1.54, 1.807) is 0 Å². The second-order valence-electron chi connectivity index (χ2n) is 4.49. The van der Waals surface area contributed by atoms with Gasteiger partial charge in [-0.1, -0.05) is 0 Å². The van der Waals surface area contributed by atoms with Crippen molar-refractivity contribution in [2.24, 2.45) is 0 Å². The van der Waals surface area contributed by atoms with Crippen LogP contribution in [0, 0.1) is 0 Å². The van der Waals surface area contributed by atoms with Crippen LogP contribution in [0.25, 0.3) is 11.2 Å². The first-order valence-electron chi connectivity index (χ1n) is 5.89. The molecule has 1 fully saturated rings. The van der Waals surface area contributed by atoms with E-state index in [2.05, 4.69) is 30.9 Å². The van der Waals surface area contributed by atoms with Crippen molar-refractivity contribution in [3.63, 3.8) is 0 Å². The summed E-state index contributed by atoms with van der Waals surface area (Å²) in [4.78, 5) is 22.2. The van der Waals surface area contributed by atoms with Crippen LogP contribution in [0.2, 0.25) is 0 Å². The number of ether oxygens (including phenoxy) is 1. The number of halogens is 1. The molecule has 9 nitrogen and oxygen atoms in total. The molecule has 108 valence electrons. The van der Waals surface area contributed by atoms with Crippen LogP contribution in [0.1, 0.15) is 12.6 Å². The first-order chi connectivity index (χ1) is 9.51. The minimum atomic E-state index is -0.798. The van der Waals surface area contributed by atoms with Gasteiger partial charge in [0.15, 0.2) is 15.9 Å². The molecule has 0 saturated carbocycles. The maximum atomic E-state index is 11.8. The molecular formula is C10H12BrN5O4. The molecule has 1 unspecified atom stereocenters. The number of nitrogens with one attached hydrogen (secondary N) is 1. The van der Waals surface area contributed by atoms with Crippen LogP contribution < -0.4 is 11.3 Å². The summed E-state index contributed by atoms with van der Waals surface area (Å²) in [6.07, 6.45) is -1.81. The molecule has 0 aromatic carbocycles. The van der Waals surface area contributed by atoms with Gasteiger partial charge in [-0.15, -0.1) is 0 Å². The van der Waals surface area contributed by atoms with Crippen LogP contribution in [0.4, 0.5) is 5.95 Å². The van der Waals surface area contributed by atoms with Crippen LogP contribution >= 0.6 is 15.9 Å². The van der Waals surface area contributed by atoms with Gasteiger partial charge in [0.05, 0.1) is 12.7 Å². The van der Waals surface area contributed by atoms with Crippen molar-refractivity contribution < 1.29 is 14.9 Å². The Morgan fingerprint density at radius 2 is 2.30 bits per heavy atom. The second kappa shape index (κ2) is 4.81. The molecule has 1 saturated heterocycles. The van der Waals surface area contributed by atoms with Gasteiger partial charge in [0.25, 0.3) is 5.56 Å². The molecule has 0 spiro atoms. The van der Waals surface area contributed by atoms with Crippen molar-refractivity contribution in [1.82, 2.24) is 19.5 Å².